The Morgan fingerprint density at radius 2 is 1.61 bits per heavy atom. The molecule has 0 heterocycles. The van der Waals surface area contributed by atoms with Crippen LogP contribution in [0, 0.1) is 6.92 Å². The van der Waals surface area contributed by atoms with Gasteiger partial charge in [0.05, 0.1) is 11.7 Å². The van der Waals surface area contributed by atoms with Crippen molar-refractivity contribution >= 4 is 17.6 Å². The monoisotopic (exact) mass is 310 g/mol. The van der Waals surface area contributed by atoms with Gasteiger partial charge in [-0.05, 0) is 42.2 Å². The van der Waals surface area contributed by atoms with Crippen LogP contribution >= 0.6 is 0 Å². The van der Waals surface area contributed by atoms with Crippen molar-refractivity contribution in [1.29, 1.82) is 0 Å². The van der Waals surface area contributed by atoms with Gasteiger partial charge in [-0.3, -0.25) is 4.79 Å². The van der Waals surface area contributed by atoms with Gasteiger partial charge in [0.15, 0.2) is 0 Å². The standard InChI is InChI=1S/C19H21NO3/c1-12-5-10-16(15(11-12)18(22)23)20-17(21)13-6-8-14(9-7-13)19(2,3)4/h5-11H,1-4H3,(H,20,21)(H,22,23)/p-1. The molecular formula is C19H20NO3-. The number of nitrogens with one attached hydrogen (secondary N) is 1. The van der Waals surface area contributed by atoms with Gasteiger partial charge in [0.1, 0.15) is 0 Å². The molecule has 0 aliphatic carbocycles. The molecule has 0 spiro atoms. The maximum atomic E-state index is 12.3. The maximum Gasteiger partial charge on any atom is 0.255 e. The summed E-state index contributed by atoms with van der Waals surface area (Å²) in [5.41, 5.74) is 2.61. The van der Waals surface area contributed by atoms with Crippen molar-refractivity contribution in [2.45, 2.75) is 33.1 Å². The first-order valence-electron chi connectivity index (χ1n) is 7.42. The molecular weight excluding hydrogens is 290 g/mol. The third kappa shape index (κ3) is 3.97. The molecule has 0 bridgehead atoms. The zero-order valence-electron chi connectivity index (χ0n) is 13.8. The number of hydrogen-bond donors (Lipinski definition) is 1. The van der Waals surface area contributed by atoms with Crippen LogP contribution in [0.5, 0.6) is 0 Å². The molecule has 0 radical (unpaired) electrons. The summed E-state index contributed by atoms with van der Waals surface area (Å²) in [5.74, 6) is -1.66. The van der Waals surface area contributed by atoms with Gasteiger partial charge in [0.25, 0.3) is 5.91 Å². The van der Waals surface area contributed by atoms with E-state index in [-0.39, 0.29) is 22.6 Å². The number of carboxylic acids is 1. The van der Waals surface area contributed by atoms with Gasteiger partial charge in [-0.25, -0.2) is 0 Å². The highest BCUT2D eigenvalue weighted by Crippen LogP contribution is 2.23. The number of carbonyl (C=O) groups is 2. The van der Waals surface area contributed by atoms with Crippen molar-refractivity contribution in [2.75, 3.05) is 5.32 Å². The van der Waals surface area contributed by atoms with Crippen molar-refractivity contribution in [3.8, 4) is 0 Å². The summed E-state index contributed by atoms with van der Waals surface area (Å²) in [5, 5.41) is 13.8. The first-order valence-corrected chi connectivity index (χ1v) is 7.42. The highest BCUT2D eigenvalue weighted by atomic mass is 16.4. The Bertz CT molecular complexity index is 740. The van der Waals surface area contributed by atoms with Crippen LogP contribution in [-0.2, 0) is 5.41 Å². The number of benzene rings is 2. The van der Waals surface area contributed by atoms with Crippen LogP contribution in [0.15, 0.2) is 42.5 Å². The average Bonchev–Trinajstić information content (AvgIpc) is 2.48. The molecule has 1 N–H and O–H groups in total. The molecule has 1 amide bonds. The van der Waals surface area contributed by atoms with Gasteiger partial charge in [0.2, 0.25) is 0 Å². The first kappa shape index (κ1) is 16.7. The van der Waals surface area contributed by atoms with E-state index < -0.39 is 5.97 Å². The number of aryl methyl sites for hydroxylation is 1. The van der Waals surface area contributed by atoms with Crippen LogP contribution in [0.4, 0.5) is 5.69 Å². The lowest BCUT2D eigenvalue weighted by Crippen LogP contribution is -2.25. The summed E-state index contributed by atoms with van der Waals surface area (Å²) in [6.07, 6.45) is 0. The highest BCUT2D eigenvalue weighted by Gasteiger charge is 2.15. The van der Waals surface area contributed by atoms with E-state index in [1.807, 2.05) is 12.1 Å². The minimum absolute atomic E-state index is 0.00805. The molecule has 2 aromatic carbocycles. The molecule has 0 fully saturated rings. The largest absolute Gasteiger partial charge is 0.545 e. The smallest absolute Gasteiger partial charge is 0.255 e. The van der Waals surface area contributed by atoms with Crippen molar-refractivity contribution in [2.24, 2.45) is 0 Å². The highest BCUT2D eigenvalue weighted by molar-refractivity contribution is 6.07. The van der Waals surface area contributed by atoms with E-state index in [2.05, 4.69) is 26.1 Å². The fraction of sp³-hybridized carbons (Fsp3) is 0.263. The molecule has 2 aromatic rings. The third-order valence-electron chi connectivity index (χ3n) is 3.66. The molecule has 0 aromatic heterocycles. The fourth-order valence-corrected chi connectivity index (χ4v) is 2.25. The molecule has 4 nitrogen and oxygen atoms in total. The number of amides is 1. The van der Waals surface area contributed by atoms with E-state index in [1.165, 1.54) is 6.07 Å². The molecule has 0 saturated heterocycles. The van der Waals surface area contributed by atoms with E-state index >= 15 is 0 Å². The minimum atomic E-state index is -1.31. The second-order valence-electron chi connectivity index (χ2n) is 6.62. The lowest BCUT2D eigenvalue weighted by molar-refractivity contribution is -0.254. The van der Waals surface area contributed by atoms with E-state index in [0.29, 0.717) is 5.56 Å². The molecule has 120 valence electrons. The Morgan fingerprint density at radius 3 is 2.13 bits per heavy atom. The number of carboxylic acid groups (broad SMARTS) is 1. The summed E-state index contributed by atoms with van der Waals surface area (Å²) in [4.78, 5) is 23.5. The minimum Gasteiger partial charge on any atom is -0.545 e. The summed E-state index contributed by atoms with van der Waals surface area (Å²) in [6.45, 7) is 8.07. The van der Waals surface area contributed by atoms with Crippen molar-refractivity contribution in [3.05, 3.63) is 64.7 Å². The van der Waals surface area contributed by atoms with Crippen LogP contribution in [-0.4, -0.2) is 11.9 Å². The SMILES string of the molecule is Cc1ccc(NC(=O)c2ccc(C(C)(C)C)cc2)c(C(=O)[O-])c1. The normalized spacial score (nSPS) is 11.1. The Morgan fingerprint density at radius 1 is 1.00 bits per heavy atom. The third-order valence-corrected chi connectivity index (χ3v) is 3.66. The molecule has 0 aliphatic heterocycles. The fourth-order valence-electron chi connectivity index (χ4n) is 2.25. The molecule has 0 unspecified atom stereocenters. The Labute approximate surface area is 136 Å². The lowest BCUT2D eigenvalue weighted by atomic mass is 9.86. The van der Waals surface area contributed by atoms with Crippen molar-refractivity contribution < 1.29 is 14.7 Å². The van der Waals surface area contributed by atoms with E-state index in [1.54, 1.807) is 31.2 Å². The van der Waals surface area contributed by atoms with Crippen LogP contribution < -0.4 is 10.4 Å². The Balaban J connectivity index is 2.24. The zero-order chi connectivity index (χ0) is 17.2. The first-order chi connectivity index (χ1) is 10.7. The van der Waals surface area contributed by atoms with Gasteiger partial charge in [-0.1, -0.05) is 44.5 Å². The number of carbonyl (C=O) groups excluding carboxylic acids is 2. The van der Waals surface area contributed by atoms with Crippen molar-refractivity contribution in [1.82, 2.24) is 0 Å². The summed E-state index contributed by atoms with van der Waals surface area (Å²) >= 11 is 0. The molecule has 0 atom stereocenters. The van der Waals surface area contributed by atoms with Crippen LogP contribution in [0.25, 0.3) is 0 Å². The van der Waals surface area contributed by atoms with E-state index in [9.17, 15) is 14.7 Å². The summed E-state index contributed by atoms with van der Waals surface area (Å²) < 4.78 is 0. The van der Waals surface area contributed by atoms with Gasteiger partial charge >= 0.3 is 0 Å². The molecule has 0 saturated carbocycles. The summed E-state index contributed by atoms with van der Waals surface area (Å²) in [6, 6.07) is 12.1. The number of anilines is 1. The Kier molecular flexibility index (Phi) is 4.55. The summed E-state index contributed by atoms with van der Waals surface area (Å²) in [7, 11) is 0. The van der Waals surface area contributed by atoms with Crippen LogP contribution in [0.2, 0.25) is 0 Å². The maximum absolute atomic E-state index is 12.3. The molecule has 0 aliphatic rings. The molecule has 23 heavy (non-hydrogen) atoms. The second-order valence-corrected chi connectivity index (χ2v) is 6.62. The van der Waals surface area contributed by atoms with Crippen LogP contribution in [0.1, 0.15) is 52.6 Å². The number of aromatic carboxylic acids is 1. The zero-order valence-corrected chi connectivity index (χ0v) is 13.8. The Hall–Kier alpha value is -2.62. The predicted molar refractivity (Wildman–Crippen MR) is 88.6 cm³/mol. The average molecular weight is 310 g/mol. The van der Waals surface area contributed by atoms with Gasteiger partial charge < -0.3 is 15.2 Å². The second kappa shape index (κ2) is 6.24. The molecule has 2 rings (SSSR count). The number of rotatable bonds is 3. The quantitative estimate of drug-likeness (QED) is 0.947. The lowest BCUT2D eigenvalue weighted by Gasteiger charge is -2.19. The number of hydrogen-bond acceptors (Lipinski definition) is 3. The van der Waals surface area contributed by atoms with Crippen molar-refractivity contribution in [3.63, 3.8) is 0 Å². The van der Waals surface area contributed by atoms with Gasteiger partial charge in [-0.15, -0.1) is 0 Å². The van der Waals surface area contributed by atoms with E-state index in [4.69, 9.17) is 0 Å². The van der Waals surface area contributed by atoms with E-state index in [0.717, 1.165) is 11.1 Å². The topological polar surface area (TPSA) is 69.2 Å². The van der Waals surface area contributed by atoms with Gasteiger partial charge in [-0.2, -0.15) is 0 Å². The predicted octanol–water partition coefficient (Wildman–Crippen LogP) is 2.91. The van der Waals surface area contributed by atoms with Crippen LogP contribution in [0.3, 0.4) is 0 Å². The van der Waals surface area contributed by atoms with Gasteiger partial charge in [0, 0.05) is 11.1 Å². The molecule has 4 heteroatoms.